The average Bonchev–Trinajstić information content (AvgIpc) is 2.61. The molecule has 3 rings (SSSR count). The quantitative estimate of drug-likeness (QED) is 0.901. The largest absolute Gasteiger partial charge is 0.353 e. The van der Waals surface area contributed by atoms with Gasteiger partial charge in [-0.05, 0) is 27.7 Å². The summed E-state index contributed by atoms with van der Waals surface area (Å²) in [6.45, 7) is 11.0. The second-order valence-electron chi connectivity index (χ2n) is 7.78. The van der Waals surface area contributed by atoms with Gasteiger partial charge in [0, 0.05) is 43.3 Å². The number of carbonyl (C=O) groups excluding carboxylic acids is 1. The Morgan fingerprint density at radius 3 is 2.31 bits per heavy atom. The molecule has 0 unspecified atom stereocenters. The monoisotopic (exact) mass is 353 g/mol. The van der Waals surface area contributed by atoms with E-state index in [9.17, 15) is 4.79 Å². The first-order chi connectivity index (χ1) is 12.3. The molecule has 0 atom stereocenters. The van der Waals surface area contributed by atoms with Crippen molar-refractivity contribution in [3.63, 3.8) is 0 Å². The van der Waals surface area contributed by atoms with Gasteiger partial charge in [0.05, 0.1) is 5.69 Å². The molecule has 6 heteroatoms. The normalized spacial score (nSPS) is 15.1. The molecule has 0 bridgehead atoms. The fourth-order valence-electron chi connectivity index (χ4n) is 2.94. The van der Waals surface area contributed by atoms with Gasteiger partial charge in [-0.3, -0.25) is 0 Å². The van der Waals surface area contributed by atoms with Crippen LogP contribution in [-0.2, 0) is 0 Å². The summed E-state index contributed by atoms with van der Waals surface area (Å²) in [5.41, 5.74) is 3.02. The van der Waals surface area contributed by atoms with Crippen LogP contribution in [0.1, 0.15) is 26.3 Å². The lowest BCUT2D eigenvalue weighted by Crippen LogP contribution is -2.55. The second-order valence-corrected chi connectivity index (χ2v) is 7.78. The molecule has 0 saturated carbocycles. The number of nitrogens with zero attached hydrogens (tertiary/aromatic N) is 4. The van der Waals surface area contributed by atoms with Crippen molar-refractivity contribution in [3.8, 4) is 11.3 Å². The van der Waals surface area contributed by atoms with Crippen LogP contribution in [0, 0.1) is 6.92 Å². The highest BCUT2D eigenvalue weighted by atomic mass is 16.2. The van der Waals surface area contributed by atoms with Gasteiger partial charge in [0.15, 0.2) is 0 Å². The molecule has 0 aliphatic carbocycles. The Bertz CT molecular complexity index is 759. The van der Waals surface area contributed by atoms with Crippen molar-refractivity contribution >= 4 is 11.8 Å². The van der Waals surface area contributed by atoms with E-state index in [1.807, 2.05) is 31.7 Å². The van der Waals surface area contributed by atoms with Gasteiger partial charge in [0.1, 0.15) is 12.1 Å². The molecule has 2 amide bonds. The topological polar surface area (TPSA) is 61.4 Å². The zero-order chi connectivity index (χ0) is 18.7. The number of aryl methyl sites for hydroxylation is 1. The van der Waals surface area contributed by atoms with Crippen molar-refractivity contribution in [2.24, 2.45) is 0 Å². The van der Waals surface area contributed by atoms with Crippen molar-refractivity contribution in [2.75, 3.05) is 31.1 Å². The number of piperazine rings is 1. The number of anilines is 1. The summed E-state index contributed by atoms with van der Waals surface area (Å²) < 4.78 is 0. The van der Waals surface area contributed by atoms with E-state index in [4.69, 9.17) is 0 Å². The standard InChI is InChI=1S/C20H27N5O/c1-15-5-7-16(8-6-15)17-13-18(22-14-21-17)24-9-11-25(12-10-24)19(26)23-20(2,3)4/h5-8,13-14H,9-12H2,1-4H3,(H,23,26). The van der Waals surface area contributed by atoms with Crippen LogP contribution in [0.5, 0.6) is 0 Å². The molecule has 26 heavy (non-hydrogen) atoms. The van der Waals surface area contributed by atoms with Gasteiger partial charge in [-0.15, -0.1) is 0 Å². The Morgan fingerprint density at radius 2 is 1.69 bits per heavy atom. The third kappa shape index (κ3) is 4.50. The summed E-state index contributed by atoms with van der Waals surface area (Å²) in [7, 11) is 0. The molecule has 1 N–H and O–H groups in total. The van der Waals surface area contributed by atoms with E-state index in [1.165, 1.54) is 5.56 Å². The van der Waals surface area contributed by atoms with E-state index in [1.54, 1.807) is 6.33 Å². The number of hydrogen-bond donors (Lipinski definition) is 1. The predicted molar refractivity (Wildman–Crippen MR) is 104 cm³/mol. The molecular formula is C20H27N5O. The van der Waals surface area contributed by atoms with Gasteiger partial charge in [-0.2, -0.15) is 0 Å². The number of amides is 2. The lowest BCUT2D eigenvalue weighted by molar-refractivity contribution is 0.185. The fraction of sp³-hybridized carbons (Fsp3) is 0.450. The number of urea groups is 1. The summed E-state index contributed by atoms with van der Waals surface area (Å²) in [6, 6.07) is 10.4. The number of rotatable bonds is 2. The van der Waals surface area contributed by atoms with E-state index in [-0.39, 0.29) is 11.6 Å². The van der Waals surface area contributed by atoms with Crippen LogP contribution in [0.15, 0.2) is 36.7 Å². The lowest BCUT2D eigenvalue weighted by atomic mass is 10.1. The number of benzene rings is 1. The first-order valence-corrected chi connectivity index (χ1v) is 9.03. The zero-order valence-corrected chi connectivity index (χ0v) is 16.0. The van der Waals surface area contributed by atoms with Gasteiger partial charge in [0.2, 0.25) is 0 Å². The molecule has 1 aromatic heterocycles. The van der Waals surface area contributed by atoms with E-state index in [0.29, 0.717) is 13.1 Å². The fourth-order valence-corrected chi connectivity index (χ4v) is 2.94. The lowest BCUT2D eigenvalue weighted by Gasteiger charge is -2.36. The summed E-state index contributed by atoms with van der Waals surface area (Å²) in [5, 5.41) is 3.02. The summed E-state index contributed by atoms with van der Waals surface area (Å²) in [6.07, 6.45) is 1.61. The third-order valence-electron chi connectivity index (χ3n) is 4.37. The molecule has 1 saturated heterocycles. The SMILES string of the molecule is Cc1ccc(-c2cc(N3CCN(C(=O)NC(C)(C)C)CC3)ncn2)cc1. The van der Waals surface area contributed by atoms with Crippen LogP contribution in [-0.4, -0.2) is 52.6 Å². The van der Waals surface area contributed by atoms with E-state index >= 15 is 0 Å². The smallest absolute Gasteiger partial charge is 0.317 e. The van der Waals surface area contributed by atoms with Crippen LogP contribution in [0.25, 0.3) is 11.3 Å². The molecule has 1 aromatic carbocycles. The number of carbonyl (C=O) groups is 1. The van der Waals surface area contributed by atoms with Gasteiger partial charge in [0.25, 0.3) is 0 Å². The van der Waals surface area contributed by atoms with Crippen LogP contribution < -0.4 is 10.2 Å². The molecule has 1 aliphatic rings. The maximum absolute atomic E-state index is 12.3. The van der Waals surface area contributed by atoms with E-state index < -0.39 is 0 Å². The van der Waals surface area contributed by atoms with Gasteiger partial charge >= 0.3 is 6.03 Å². The summed E-state index contributed by atoms with van der Waals surface area (Å²) in [5.74, 6) is 0.909. The van der Waals surface area contributed by atoms with Gasteiger partial charge in [-0.1, -0.05) is 29.8 Å². The molecule has 6 nitrogen and oxygen atoms in total. The Balaban J connectivity index is 1.65. The first-order valence-electron chi connectivity index (χ1n) is 9.03. The van der Waals surface area contributed by atoms with E-state index in [2.05, 4.69) is 51.4 Å². The van der Waals surface area contributed by atoms with Crippen LogP contribution >= 0.6 is 0 Å². The summed E-state index contributed by atoms with van der Waals surface area (Å²) in [4.78, 5) is 25.2. The first kappa shape index (κ1) is 18.2. The minimum atomic E-state index is -0.218. The Morgan fingerprint density at radius 1 is 1.04 bits per heavy atom. The van der Waals surface area contributed by atoms with Crippen LogP contribution in [0.4, 0.5) is 10.6 Å². The minimum Gasteiger partial charge on any atom is -0.353 e. The summed E-state index contributed by atoms with van der Waals surface area (Å²) >= 11 is 0. The molecule has 1 aliphatic heterocycles. The molecule has 1 fully saturated rings. The van der Waals surface area contributed by atoms with Crippen LogP contribution in [0.2, 0.25) is 0 Å². The average molecular weight is 353 g/mol. The second kappa shape index (κ2) is 7.32. The minimum absolute atomic E-state index is 0.000168. The van der Waals surface area contributed by atoms with E-state index in [0.717, 1.165) is 30.2 Å². The van der Waals surface area contributed by atoms with Crippen molar-refractivity contribution in [3.05, 3.63) is 42.2 Å². The molecule has 2 heterocycles. The Kier molecular flexibility index (Phi) is 5.11. The molecule has 0 spiro atoms. The van der Waals surface area contributed by atoms with Crippen molar-refractivity contribution in [1.29, 1.82) is 0 Å². The van der Waals surface area contributed by atoms with Crippen molar-refractivity contribution in [1.82, 2.24) is 20.2 Å². The van der Waals surface area contributed by atoms with Gasteiger partial charge in [-0.25, -0.2) is 14.8 Å². The number of aromatic nitrogens is 2. The number of nitrogens with one attached hydrogen (secondary N) is 1. The molecular weight excluding hydrogens is 326 g/mol. The maximum atomic E-state index is 12.3. The van der Waals surface area contributed by atoms with Gasteiger partial charge < -0.3 is 15.1 Å². The molecule has 0 radical (unpaired) electrons. The van der Waals surface area contributed by atoms with Crippen molar-refractivity contribution in [2.45, 2.75) is 33.2 Å². The zero-order valence-electron chi connectivity index (χ0n) is 16.0. The highest BCUT2D eigenvalue weighted by Crippen LogP contribution is 2.22. The number of hydrogen-bond acceptors (Lipinski definition) is 4. The maximum Gasteiger partial charge on any atom is 0.317 e. The Hall–Kier alpha value is -2.63. The van der Waals surface area contributed by atoms with Crippen LogP contribution in [0.3, 0.4) is 0 Å². The molecule has 138 valence electrons. The highest BCUT2D eigenvalue weighted by Gasteiger charge is 2.24. The Labute approximate surface area is 155 Å². The van der Waals surface area contributed by atoms with Crippen molar-refractivity contribution < 1.29 is 4.79 Å². The predicted octanol–water partition coefficient (Wildman–Crippen LogP) is 3.08. The highest BCUT2D eigenvalue weighted by molar-refractivity contribution is 5.75. The third-order valence-corrected chi connectivity index (χ3v) is 4.37. The molecule has 2 aromatic rings.